The van der Waals surface area contributed by atoms with Crippen molar-refractivity contribution in [1.29, 1.82) is 0 Å². The first-order valence-electron chi connectivity index (χ1n) is 9.08. The van der Waals surface area contributed by atoms with E-state index in [-0.39, 0.29) is 24.3 Å². The van der Waals surface area contributed by atoms with Crippen LogP contribution in [-0.2, 0) is 9.59 Å². The first kappa shape index (κ1) is 18.2. The molecule has 0 bridgehead atoms. The predicted octanol–water partition coefficient (Wildman–Crippen LogP) is 2.08. The lowest BCUT2D eigenvalue weighted by Gasteiger charge is -2.26. The van der Waals surface area contributed by atoms with Crippen molar-refractivity contribution < 1.29 is 14.7 Å². The number of carbonyl (C=O) groups is 2. The maximum atomic E-state index is 12.3. The smallest absolute Gasteiger partial charge is 0.225 e. The third-order valence-corrected chi connectivity index (χ3v) is 5.20. The van der Waals surface area contributed by atoms with Crippen molar-refractivity contribution in [2.24, 2.45) is 11.8 Å². The number of likely N-dealkylation sites (tertiary alicyclic amines) is 1. The van der Waals surface area contributed by atoms with Crippen LogP contribution in [0.5, 0.6) is 0 Å². The van der Waals surface area contributed by atoms with Gasteiger partial charge in [-0.2, -0.15) is 0 Å². The molecular formula is C18H32N2O3. The van der Waals surface area contributed by atoms with Crippen LogP contribution in [-0.4, -0.2) is 46.6 Å². The van der Waals surface area contributed by atoms with Crippen molar-refractivity contribution in [3.8, 4) is 0 Å². The van der Waals surface area contributed by atoms with Gasteiger partial charge in [0.2, 0.25) is 11.8 Å². The summed E-state index contributed by atoms with van der Waals surface area (Å²) in [5.74, 6) is 0.292. The Morgan fingerprint density at radius 3 is 2.65 bits per heavy atom. The molecule has 1 heterocycles. The van der Waals surface area contributed by atoms with Crippen molar-refractivity contribution >= 4 is 11.8 Å². The van der Waals surface area contributed by atoms with E-state index in [0.29, 0.717) is 31.3 Å². The van der Waals surface area contributed by atoms with Crippen molar-refractivity contribution in [1.82, 2.24) is 10.2 Å². The van der Waals surface area contributed by atoms with Crippen LogP contribution in [0.25, 0.3) is 0 Å². The molecule has 23 heavy (non-hydrogen) atoms. The molecule has 1 saturated heterocycles. The van der Waals surface area contributed by atoms with Crippen LogP contribution < -0.4 is 5.32 Å². The Bertz CT molecular complexity index is 428. The van der Waals surface area contributed by atoms with Crippen LogP contribution in [0, 0.1) is 11.8 Å². The molecular weight excluding hydrogens is 292 g/mol. The normalized spacial score (nSPS) is 25.2. The molecule has 2 aliphatic rings. The minimum Gasteiger partial charge on any atom is -0.388 e. The number of carbonyl (C=O) groups excluding carboxylic acids is 2. The van der Waals surface area contributed by atoms with Gasteiger partial charge in [0.25, 0.3) is 0 Å². The second kappa shape index (κ2) is 7.65. The molecule has 5 nitrogen and oxygen atoms in total. The lowest BCUT2D eigenvalue weighted by molar-refractivity contribution is -0.130. The molecule has 0 spiro atoms. The Balaban J connectivity index is 1.78. The van der Waals surface area contributed by atoms with E-state index in [1.54, 1.807) is 6.92 Å². The van der Waals surface area contributed by atoms with E-state index in [0.717, 1.165) is 19.3 Å². The lowest BCUT2D eigenvalue weighted by atomic mass is 9.95. The zero-order valence-corrected chi connectivity index (χ0v) is 14.8. The van der Waals surface area contributed by atoms with Crippen LogP contribution >= 0.6 is 0 Å². The van der Waals surface area contributed by atoms with Crippen molar-refractivity contribution in [2.75, 3.05) is 13.1 Å². The van der Waals surface area contributed by atoms with Crippen LogP contribution in [0.3, 0.4) is 0 Å². The van der Waals surface area contributed by atoms with Gasteiger partial charge in [0.15, 0.2) is 0 Å². The van der Waals surface area contributed by atoms with Gasteiger partial charge in [-0.25, -0.2) is 0 Å². The van der Waals surface area contributed by atoms with Gasteiger partial charge in [-0.1, -0.05) is 26.7 Å². The van der Waals surface area contributed by atoms with Crippen LogP contribution in [0.4, 0.5) is 0 Å². The van der Waals surface area contributed by atoms with E-state index >= 15 is 0 Å². The van der Waals surface area contributed by atoms with E-state index in [2.05, 4.69) is 19.2 Å². The molecule has 2 N–H and O–H groups in total. The molecule has 0 radical (unpaired) electrons. The summed E-state index contributed by atoms with van der Waals surface area (Å²) in [7, 11) is 0. The third kappa shape index (κ3) is 5.20. The number of nitrogens with zero attached hydrogens (tertiary/aromatic N) is 1. The zero-order chi connectivity index (χ0) is 17.0. The van der Waals surface area contributed by atoms with Gasteiger partial charge in [0.1, 0.15) is 0 Å². The molecule has 2 unspecified atom stereocenters. The minimum atomic E-state index is -0.881. The minimum absolute atomic E-state index is 0.0938. The number of hydrogen-bond acceptors (Lipinski definition) is 3. The Morgan fingerprint density at radius 1 is 1.39 bits per heavy atom. The molecule has 5 heteroatoms. The quantitative estimate of drug-likeness (QED) is 0.753. The zero-order valence-electron chi connectivity index (χ0n) is 14.8. The average molecular weight is 324 g/mol. The molecule has 1 aliphatic carbocycles. The summed E-state index contributed by atoms with van der Waals surface area (Å²) in [5.41, 5.74) is -0.881. The Labute approximate surface area is 139 Å². The van der Waals surface area contributed by atoms with E-state index in [4.69, 9.17) is 0 Å². The van der Waals surface area contributed by atoms with Gasteiger partial charge in [-0.15, -0.1) is 0 Å². The summed E-state index contributed by atoms with van der Waals surface area (Å²) in [6, 6.07) is 0.342. The molecule has 2 fully saturated rings. The summed E-state index contributed by atoms with van der Waals surface area (Å²) in [4.78, 5) is 26.4. The second-order valence-corrected chi connectivity index (χ2v) is 8.03. The topological polar surface area (TPSA) is 69.6 Å². The van der Waals surface area contributed by atoms with Gasteiger partial charge < -0.3 is 15.3 Å². The van der Waals surface area contributed by atoms with Crippen molar-refractivity contribution in [3.05, 3.63) is 0 Å². The third-order valence-electron chi connectivity index (χ3n) is 5.20. The fourth-order valence-electron chi connectivity index (χ4n) is 3.59. The summed E-state index contributed by atoms with van der Waals surface area (Å²) in [6.07, 6.45) is 6.43. The molecule has 2 rings (SSSR count). The van der Waals surface area contributed by atoms with Gasteiger partial charge in [0.05, 0.1) is 11.5 Å². The van der Waals surface area contributed by atoms with Gasteiger partial charge in [-0.3, -0.25) is 9.59 Å². The maximum absolute atomic E-state index is 12.3. The second-order valence-electron chi connectivity index (χ2n) is 8.03. The van der Waals surface area contributed by atoms with Crippen LogP contribution in [0.1, 0.15) is 65.7 Å². The van der Waals surface area contributed by atoms with Crippen molar-refractivity contribution in [3.63, 3.8) is 0 Å². The molecule has 2 atom stereocenters. The monoisotopic (exact) mass is 324 g/mol. The highest BCUT2D eigenvalue weighted by molar-refractivity contribution is 5.89. The molecule has 1 aliphatic heterocycles. The molecule has 2 amide bonds. The Hall–Kier alpha value is -1.10. The number of hydrogen-bond donors (Lipinski definition) is 2. The van der Waals surface area contributed by atoms with Gasteiger partial charge in [0, 0.05) is 25.6 Å². The largest absolute Gasteiger partial charge is 0.388 e. The highest BCUT2D eigenvalue weighted by atomic mass is 16.3. The summed E-state index contributed by atoms with van der Waals surface area (Å²) >= 11 is 0. The van der Waals surface area contributed by atoms with Gasteiger partial charge in [-0.05, 0) is 38.5 Å². The molecule has 0 aromatic heterocycles. The Morgan fingerprint density at radius 2 is 2.04 bits per heavy atom. The van der Waals surface area contributed by atoms with E-state index < -0.39 is 5.60 Å². The predicted molar refractivity (Wildman–Crippen MR) is 89.8 cm³/mol. The number of rotatable bonds is 7. The maximum Gasteiger partial charge on any atom is 0.225 e. The summed E-state index contributed by atoms with van der Waals surface area (Å²) < 4.78 is 0. The fraction of sp³-hybridized carbons (Fsp3) is 0.889. The lowest BCUT2D eigenvalue weighted by Crippen LogP contribution is -2.43. The molecule has 0 aromatic carbocycles. The Kier molecular flexibility index (Phi) is 6.06. The molecule has 0 aromatic rings. The standard InChI is InChI=1S/C18H32N2O3/c1-13(2)8-9-18(3,23)12-19-17(22)14-10-16(21)20(11-14)15-6-4-5-7-15/h13-15,23H,4-12H2,1-3H3,(H,19,22). The van der Waals surface area contributed by atoms with Crippen molar-refractivity contribution in [2.45, 2.75) is 77.4 Å². The molecule has 132 valence electrons. The highest BCUT2D eigenvalue weighted by Crippen LogP contribution is 2.29. The van der Waals surface area contributed by atoms with Crippen LogP contribution in [0.15, 0.2) is 0 Å². The van der Waals surface area contributed by atoms with E-state index in [1.165, 1.54) is 12.8 Å². The summed E-state index contributed by atoms with van der Waals surface area (Å²) in [5, 5.41) is 13.2. The number of aliphatic hydroxyl groups is 1. The van der Waals surface area contributed by atoms with E-state index in [9.17, 15) is 14.7 Å². The average Bonchev–Trinajstić information content (AvgIpc) is 3.12. The first-order chi connectivity index (χ1) is 10.8. The first-order valence-corrected chi connectivity index (χ1v) is 9.08. The van der Waals surface area contributed by atoms with Crippen LogP contribution in [0.2, 0.25) is 0 Å². The fourth-order valence-corrected chi connectivity index (χ4v) is 3.59. The van der Waals surface area contributed by atoms with E-state index in [1.807, 2.05) is 4.90 Å². The summed E-state index contributed by atoms with van der Waals surface area (Å²) in [6.45, 7) is 6.81. The SMILES string of the molecule is CC(C)CCC(C)(O)CNC(=O)C1CC(=O)N(C2CCCC2)C1. The molecule has 1 saturated carbocycles. The number of nitrogens with one attached hydrogen (secondary N) is 1. The van der Waals surface area contributed by atoms with Gasteiger partial charge >= 0.3 is 0 Å². The number of amides is 2. The highest BCUT2D eigenvalue weighted by Gasteiger charge is 2.38.